The Morgan fingerprint density at radius 2 is 0.971 bits per heavy atom. The number of hydrogen-bond donors (Lipinski definition) is 11. The van der Waals surface area contributed by atoms with E-state index in [9.17, 15) is 51.1 Å². The Kier molecular flexibility index (Phi) is 9.54. The van der Waals surface area contributed by atoms with Crippen molar-refractivity contribution in [1.29, 1.82) is 0 Å². The van der Waals surface area contributed by atoms with Crippen molar-refractivity contribution in [3.05, 3.63) is 0 Å². The fourth-order valence-corrected chi connectivity index (χ4v) is 3.94. The van der Waals surface area contributed by atoms with Gasteiger partial charge in [0, 0.05) is 0 Å². The third-order valence-corrected chi connectivity index (χ3v) is 6.08. The summed E-state index contributed by atoms with van der Waals surface area (Å²) in [5, 5.41) is 109. The molecule has 3 saturated heterocycles. The Morgan fingerprint density at radius 3 is 1.56 bits per heavy atom. The van der Waals surface area contributed by atoms with Crippen LogP contribution in [0.2, 0.25) is 0 Å². The van der Waals surface area contributed by atoms with Crippen LogP contribution in [0.3, 0.4) is 0 Å². The summed E-state index contributed by atoms with van der Waals surface area (Å²) in [7, 11) is 0. The summed E-state index contributed by atoms with van der Waals surface area (Å²) in [5.41, 5.74) is 0. The molecule has 0 saturated carbocycles. The van der Waals surface area contributed by atoms with E-state index in [1.54, 1.807) is 0 Å². The fraction of sp³-hybridized carbons (Fsp3) is 1.00. The number of hydrogen-bond acceptors (Lipinski definition) is 16. The lowest BCUT2D eigenvalue weighted by Gasteiger charge is -2.45. The van der Waals surface area contributed by atoms with E-state index < -0.39 is 112 Å². The minimum atomic E-state index is -1.88. The zero-order valence-electron chi connectivity index (χ0n) is 17.7. The van der Waals surface area contributed by atoms with Gasteiger partial charge in [0.05, 0.1) is 19.8 Å². The van der Waals surface area contributed by atoms with Crippen LogP contribution in [-0.2, 0) is 23.7 Å². The molecule has 200 valence electrons. The van der Waals surface area contributed by atoms with Crippen molar-refractivity contribution >= 4 is 0 Å². The predicted octanol–water partition coefficient (Wildman–Crippen LogP) is -7.57. The first-order chi connectivity index (χ1) is 16.0. The van der Waals surface area contributed by atoms with Gasteiger partial charge in [-0.15, -0.1) is 0 Å². The van der Waals surface area contributed by atoms with E-state index in [-0.39, 0.29) is 0 Å². The van der Waals surface area contributed by atoms with Crippen molar-refractivity contribution in [2.24, 2.45) is 0 Å². The molecule has 1 unspecified atom stereocenters. The monoisotopic (exact) mass is 504 g/mol. The van der Waals surface area contributed by atoms with E-state index in [1.807, 2.05) is 0 Å². The summed E-state index contributed by atoms with van der Waals surface area (Å²) in [5.74, 6) is 0. The van der Waals surface area contributed by atoms with E-state index in [1.165, 1.54) is 0 Å². The summed E-state index contributed by atoms with van der Waals surface area (Å²) in [6.07, 6.45) is -25.0. The zero-order chi connectivity index (χ0) is 25.3. The molecular weight excluding hydrogens is 472 g/mol. The quantitative estimate of drug-likeness (QED) is 0.154. The highest BCUT2D eigenvalue weighted by Crippen LogP contribution is 2.29. The summed E-state index contributed by atoms with van der Waals surface area (Å²) in [6.45, 7) is -2.03. The van der Waals surface area contributed by atoms with Crippen molar-refractivity contribution in [3.8, 4) is 0 Å². The van der Waals surface area contributed by atoms with Crippen LogP contribution in [0.1, 0.15) is 0 Å². The number of rotatable bonds is 7. The minimum absolute atomic E-state index is 0.616. The Morgan fingerprint density at radius 1 is 0.500 bits per heavy atom. The van der Waals surface area contributed by atoms with Crippen molar-refractivity contribution in [3.63, 3.8) is 0 Å². The second-order valence-electron chi connectivity index (χ2n) is 8.37. The molecule has 0 aromatic heterocycles. The average Bonchev–Trinajstić information content (AvgIpc) is 2.82. The molecule has 3 aliphatic heterocycles. The first kappa shape index (κ1) is 27.9. The molecule has 0 spiro atoms. The molecule has 16 nitrogen and oxygen atoms in total. The Hall–Kier alpha value is -0.640. The molecule has 0 amide bonds. The zero-order valence-corrected chi connectivity index (χ0v) is 17.7. The number of aliphatic hydroxyl groups is 11. The third-order valence-electron chi connectivity index (χ3n) is 6.08. The Balaban J connectivity index is 1.64. The van der Waals surface area contributed by atoms with Gasteiger partial charge in [-0.3, -0.25) is 0 Å². The van der Waals surface area contributed by atoms with Gasteiger partial charge >= 0.3 is 0 Å². The standard InChI is InChI=1S/C18H32O16/c19-1-4-8(22)12(26)15(16(29)31-4)34-18-14(28)11(25)9(23)6(33-18)3-30-17-13(27)10(24)7(21)5(2-20)32-17/h4-29H,1-3H2/t4-,5-,6-,7-,8+,9+,10+,11+,12+,13-,14-,15-,16?,17+,18-/m1/s1. The molecule has 11 N–H and O–H groups in total. The number of ether oxygens (including phenoxy) is 5. The maximum Gasteiger partial charge on any atom is 0.187 e. The molecule has 16 heteroatoms. The highest BCUT2D eigenvalue weighted by Gasteiger charge is 2.51. The van der Waals surface area contributed by atoms with Gasteiger partial charge in [-0.25, -0.2) is 0 Å². The topological polar surface area (TPSA) is 269 Å². The molecule has 15 atom stereocenters. The first-order valence-electron chi connectivity index (χ1n) is 10.6. The van der Waals surface area contributed by atoms with Gasteiger partial charge < -0.3 is 79.9 Å². The van der Waals surface area contributed by atoms with Crippen molar-refractivity contribution in [2.45, 2.75) is 92.1 Å². The highest BCUT2D eigenvalue weighted by atomic mass is 16.7. The highest BCUT2D eigenvalue weighted by molar-refractivity contribution is 4.94. The number of aliphatic hydroxyl groups excluding tert-OH is 11. The summed E-state index contributed by atoms with van der Waals surface area (Å²) in [4.78, 5) is 0. The second kappa shape index (κ2) is 11.6. The molecular formula is C18H32O16. The van der Waals surface area contributed by atoms with E-state index in [4.69, 9.17) is 28.8 Å². The first-order valence-corrected chi connectivity index (χ1v) is 10.6. The SMILES string of the molecule is OC[C@H]1OC(O)[C@H](O[C@H]2O[C@H](CO[C@H]3O[C@H](CO)[C@@H](O)[C@H](O)[C@H]3O)[C@H](O)[C@H](O)[C@H]2O)[C@@H](O)[C@H]1O. The predicted molar refractivity (Wildman–Crippen MR) is 101 cm³/mol. The summed E-state index contributed by atoms with van der Waals surface area (Å²) < 4.78 is 26.1. The van der Waals surface area contributed by atoms with Gasteiger partial charge in [-0.1, -0.05) is 0 Å². The van der Waals surface area contributed by atoms with Crippen LogP contribution in [0, 0.1) is 0 Å². The van der Waals surface area contributed by atoms with Crippen molar-refractivity contribution in [2.75, 3.05) is 19.8 Å². The van der Waals surface area contributed by atoms with Crippen molar-refractivity contribution < 1.29 is 79.9 Å². The van der Waals surface area contributed by atoms with Crippen LogP contribution in [0.25, 0.3) is 0 Å². The lowest BCUT2D eigenvalue weighted by molar-refractivity contribution is -0.367. The van der Waals surface area contributed by atoms with Gasteiger partial charge in [0.1, 0.15) is 73.2 Å². The van der Waals surface area contributed by atoms with Gasteiger partial charge in [0.15, 0.2) is 18.9 Å². The maximum absolute atomic E-state index is 10.2. The van der Waals surface area contributed by atoms with Crippen molar-refractivity contribution in [1.82, 2.24) is 0 Å². The molecule has 3 rings (SSSR count). The summed E-state index contributed by atoms with van der Waals surface area (Å²) >= 11 is 0. The largest absolute Gasteiger partial charge is 0.394 e. The average molecular weight is 504 g/mol. The molecule has 0 radical (unpaired) electrons. The van der Waals surface area contributed by atoms with Gasteiger partial charge in [-0.2, -0.15) is 0 Å². The normalized spacial score (nSPS) is 52.5. The molecule has 0 bridgehead atoms. The summed E-state index contributed by atoms with van der Waals surface area (Å²) in [6, 6.07) is 0. The molecule has 3 aliphatic rings. The van der Waals surface area contributed by atoms with E-state index >= 15 is 0 Å². The Labute approximate surface area is 192 Å². The van der Waals surface area contributed by atoms with E-state index in [0.717, 1.165) is 0 Å². The van der Waals surface area contributed by atoms with Crippen LogP contribution in [0.15, 0.2) is 0 Å². The molecule has 0 aromatic carbocycles. The van der Waals surface area contributed by atoms with Gasteiger partial charge in [0.2, 0.25) is 0 Å². The van der Waals surface area contributed by atoms with E-state index in [2.05, 4.69) is 0 Å². The second-order valence-corrected chi connectivity index (χ2v) is 8.37. The van der Waals surface area contributed by atoms with Crippen LogP contribution in [0.5, 0.6) is 0 Å². The molecule has 0 aliphatic carbocycles. The van der Waals surface area contributed by atoms with Crippen LogP contribution >= 0.6 is 0 Å². The Bertz CT molecular complexity index is 639. The third kappa shape index (κ3) is 5.52. The molecule has 3 heterocycles. The maximum atomic E-state index is 10.2. The van der Waals surface area contributed by atoms with Crippen LogP contribution in [-0.4, -0.2) is 168 Å². The van der Waals surface area contributed by atoms with Gasteiger partial charge in [0.25, 0.3) is 0 Å². The van der Waals surface area contributed by atoms with Crippen LogP contribution < -0.4 is 0 Å². The minimum Gasteiger partial charge on any atom is -0.394 e. The molecule has 3 fully saturated rings. The fourth-order valence-electron chi connectivity index (χ4n) is 3.94. The van der Waals surface area contributed by atoms with Crippen LogP contribution in [0.4, 0.5) is 0 Å². The molecule has 0 aromatic rings. The smallest absolute Gasteiger partial charge is 0.187 e. The van der Waals surface area contributed by atoms with E-state index in [0.29, 0.717) is 0 Å². The molecule has 34 heavy (non-hydrogen) atoms. The lowest BCUT2D eigenvalue weighted by atomic mass is 9.97. The van der Waals surface area contributed by atoms with Gasteiger partial charge in [-0.05, 0) is 0 Å². The lowest BCUT2D eigenvalue weighted by Crippen LogP contribution is -2.64.